The third kappa shape index (κ3) is 3.83. The second-order valence-corrected chi connectivity index (χ2v) is 5.60. The molecule has 8 nitrogen and oxygen atoms in total. The molecule has 9 heteroatoms. The summed E-state index contributed by atoms with van der Waals surface area (Å²) in [5.41, 5.74) is 1.55. The molecule has 0 aliphatic rings. The molecule has 1 aromatic heterocycles. The molecule has 0 radical (unpaired) electrons. The van der Waals surface area contributed by atoms with E-state index in [1.54, 1.807) is 18.3 Å². The van der Waals surface area contributed by atoms with Crippen LogP contribution in [0, 0.1) is 14.9 Å². The first kappa shape index (κ1) is 17.5. The maximum Gasteiger partial charge on any atom is 0.269 e. The summed E-state index contributed by atoms with van der Waals surface area (Å²) in [5, 5.41) is 22.0. The fourth-order valence-electron chi connectivity index (χ4n) is 2.26. The van der Waals surface area contributed by atoms with Crippen molar-refractivity contribution >= 4 is 24.1 Å². The Morgan fingerprint density at radius 3 is 2.58 bits per heavy atom. The van der Waals surface area contributed by atoms with Gasteiger partial charge in [0.2, 0.25) is 4.77 Å². The molecule has 0 bridgehead atoms. The monoisotopic (exact) mass is 369 g/mol. The average molecular weight is 369 g/mol. The maximum atomic E-state index is 10.7. The van der Waals surface area contributed by atoms with E-state index < -0.39 is 4.92 Å². The second-order valence-electron chi connectivity index (χ2n) is 5.21. The van der Waals surface area contributed by atoms with Gasteiger partial charge in [0.25, 0.3) is 5.69 Å². The maximum absolute atomic E-state index is 10.7. The molecule has 3 rings (SSSR count). The molecular weight excluding hydrogens is 354 g/mol. The Morgan fingerprint density at radius 1 is 1.27 bits per heavy atom. The quantitative estimate of drug-likeness (QED) is 0.308. The van der Waals surface area contributed by atoms with Crippen molar-refractivity contribution in [3.63, 3.8) is 0 Å². The number of ether oxygens (including phenoxy) is 1. The number of non-ortho nitro benzene ring substituents is 1. The number of nitro groups is 1. The third-order valence-corrected chi connectivity index (χ3v) is 3.76. The van der Waals surface area contributed by atoms with Gasteiger partial charge in [-0.05, 0) is 61.1 Å². The molecule has 0 saturated carbocycles. The van der Waals surface area contributed by atoms with E-state index in [0.717, 1.165) is 11.3 Å². The Kier molecular flexibility index (Phi) is 5.18. The Bertz CT molecular complexity index is 990. The van der Waals surface area contributed by atoms with Crippen molar-refractivity contribution in [3.8, 4) is 17.1 Å². The van der Waals surface area contributed by atoms with Crippen LogP contribution in [0.25, 0.3) is 11.4 Å². The van der Waals surface area contributed by atoms with Crippen LogP contribution in [0.3, 0.4) is 0 Å². The number of aromatic amines is 1. The fourth-order valence-corrected chi connectivity index (χ4v) is 2.44. The van der Waals surface area contributed by atoms with Crippen LogP contribution in [0.2, 0.25) is 0 Å². The lowest BCUT2D eigenvalue weighted by molar-refractivity contribution is -0.384. The highest BCUT2D eigenvalue weighted by molar-refractivity contribution is 7.71. The van der Waals surface area contributed by atoms with Gasteiger partial charge in [0, 0.05) is 17.7 Å². The number of nitrogens with zero attached hydrogens (tertiary/aromatic N) is 4. The summed E-state index contributed by atoms with van der Waals surface area (Å²) in [6.45, 7) is 2.52. The number of hydrogen-bond acceptors (Lipinski definition) is 6. The van der Waals surface area contributed by atoms with Gasteiger partial charge in [-0.15, -0.1) is 0 Å². The fraction of sp³-hybridized carbons (Fsp3) is 0.118. The third-order valence-electron chi connectivity index (χ3n) is 3.50. The number of hydrogen-bond donors (Lipinski definition) is 1. The molecule has 0 saturated heterocycles. The predicted octanol–water partition coefficient (Wildman–Crippen LogP) is 3.80. The molecule has 0 aliphatic carbocycles. The zero-order valence-corrected chi connectivity index (χ0v) is 14.6. The summed E-state index contributed by atoms with van der Waals surface area (Å²) in [4.78, 5) is 10.3. The van der Waals surface area contributed by atoms with Gasteiger partial charge < -0.3 is 4.74 Å². The minimum absolute atomic E-state index is 0.0251. The van der Waals surface area contributed by atoms with Crippen molar-refractivity contribution in [1.82, 2.24) is 14.9 Å². The van der Waals surface area contributed by atoms with E-state index in [0.29, 0.717) is 22.8 Å². The van der Waals surface area contributed by atoms with E-state index in [-0.39, 0.29) is 5.69 Å². The van der Waals surface area contributed by atoms with Crippen molar-refractivity contribution in [2.75, 3.05) is 6.61 Å². The topological polar surface area (TPSA) is 98.3 Å². The summed E-state index contributed by atoms with van der Waals surface area (Å²) < 4.78 is 7.26. The normalized spacial score (nSPS) is 11.0. The lowest BCUT2D eigenvalue weighted by Crippen LogP contribution is -1.96. The molecule has 1 N–H and O–H groups in total. The van der Waals surface area contributed by atoms with E-state index in [4.69, 9.17) is 17.0 Å². The van der Waals surface area contributed by atoms with Crippen LogP contribution in [0.4, 0.5) is 5.69 Å². The molecule has 0 aliphatic heterocycles. The van der Waals surface area contributed by atoms with Crippen molar-refractivity contribution in [2.24, 2.45) is 5.10 Å². The molecule has 132 valence electrons. The van der Waals surface area contributed by atoms with Gasteiger partial charge in [-0.3, -0.25) is 10.1 Å². The molecular formula is C17H15N5O3S. The largest absolute Gasteiger partial charge is 0.494 e. The lowest BCUT2D eigenvalue weighted by atomic mass is 10.2. The molecule has 1 heterocycles. The Hall–Kier alpha value is -3.33. The highest BCUT2D eigenvalue weighted by atomic mass is 32.1. The van der Waals surface area contributed by atoms with Crippen molar-refractivity contribution in [3.05, 3.63) is 69.0 Å². The van der Waals surface area contributed by atoms with Crippen LogP contribution >= 0.6 is 12.2 Å². The standard InChI is InChI=1S/C17H15N5O3S/c1-2-25-15-9-5-13(6-10-15)16-19-20-17(26)21(16)18-11-12-3-7-14(8-4-12)22(23)24/h3-11H,2H2,1H3,(H,20,26). The van der Waals surface area contributed by atoms with Crippen molar-refractivity contribution < 1.29 is 9.66 Å². The van der Waals surface area contributed by atoms with Gasteiger partial charge in [0.1, 0.15) is 5.75 Å². The minimum Gasteiger partial charge on any atom is -0.494 e. The van der Waals surface area contributed by atoms with Crippen LogP contribution in [0.15, 0.2) is 53.6 Å². The predicted molar refractivity (Wildman–Crippen MR) is 100 cm³/mol. The smallest absolute Gasteiger partial charge is 0.269 e. The SMILES string of the molecule is CCOc1ccc(-c2n[nH]c(=S)n2N=Cc2ccc([N+](=O)[O-])cc2)cc1. The Balaban J connectivity index is 1.88. The number of benzene rings is 2. The van der Waals surface area contributed by atoms with E-state index in [1.807, 2.05) is 31.2 Å². The summed E-state index contributed by atoms with van der Waals surface area (Å²) in [6.07, 6.45) is 1.56. The van der Waals surface area contributed by atoms with Gasteiger partial charge in [-0.2, -0.15) is 14.9 Å². The van der Waals surface area contributed by atoms with E-state index in [9.17, 15) is 10.1 Å². The molecule has 0 amide bonds. The second kappa shape index (κ2) is 7.70. The van der Waals surface area contributed by atoms with Crippen LogP contribution in [0.1, 0.15) is 12.5 Å². The van der Waals surface area contributed by atoms with E-state index in [1.165, 1.54) is 16.8 Å². The number of rotatable bonds is 6. The summed E-state index contributed by atoms with van der Waals surface area (Å²) in [5.74, 6) is 1.32. The first-order valence-electron chi connectivity index (χ1n) is 7.78. The number of nitrogens with one attached hydrogen (secondary N) is 1. The number of H-pyrrole nitrogens is 1. The number of aromatic nitrogens is 3. The van der Waals surface area contributed by atoms with Gasteiger partial charge in [0.15, 0.2) is 5.82 Å². The molecule has 3 aromatic rings. The Morgan fingerprint density at radius 2 is 1.96 bits per heavy atom. The highest BCUT2D eigenvalue weighted by Gasteiger charge is 2.08. The first-order valence-corrected chi connectivity index (χ1v) is 8.19. The summed E-state index contributed by atoms with van der Waals surface area (Å²) in [6, 6.07) is 13.5. The van der Waals surface area contributed by atoms with Crippen molar-refractivity contribution in [2.45, 2.75) is 6.92 Å². The zero-order valence-electron chi connectivity index (χ0n) is 13.8. The molecule has 26 heavy (non-hydrogen) atoms. The number of nitro benzene ring substituents is 1. The molecule has 0 spiro atoms. The van der Waals surface area contributed by atoms with Crippen molar-refractivity contribution in [1.29, 1.82) is 0 Å². The summed E-state index contributed by atoms with van der Waals surface area (Å²) >= 11 is 5.23. The molecule has 2 aromatic carbocycles. The zero-order chi connectivity index (χ0) is 18.5. The molecule has 0 fully saturated rings. The van der Waals surface area contributed by atoms with Gasteiger partial charge in [0.05, 0.1) is 17.7 Å². The average Bonchev–Trinajstić information content (AvgIpc) is 3.02. The van der Waals surface area contributed by atoms with Gasteiger partial charge in [-0.25, -0.2) is 5.10 Å². The van der Waals surface area contributed by atoms with E-state index >= 15 is 0 Å². The van der Waals surface area contributed by atoms with Gasteiger partial charge in [-0.1, -0.05) is 0 Å². The van der Waals surface area contributed by atoms with Crippen LogP contribution < -0.4 is 4.74 Å². The molecule has 0 unspecified atom stereocenters. The van der Waals surface area contributed by atoms with Gasteiger partial charge >= 0.3 is 0 Å². The van der Waals surface area contributed by atoms with Crippen LogP contribution in [-0.2, 0) is 0 Å². The van der Waals surface area contributed by atoms with Crippen LogP contribution in [0.5, 0.6) is 5.75 Å². The minimum atomic E-state index is -0.447. The lowest BCUT2D eigenvalue weighted by Gasteiger charge is -2.04. The first-order chi connectivity index (χ1) is 12.6. The Labute approximate surface area is 153 Å². The summed E-state index contributed by atoms with van der Waals surface area (Å²) in [7, 11) is 0. The highest BCUT2D eigenvalue weighted by Crippen LogP contribution is 2.21. The molecule has 0 atom stereocenters. The van der Waals surface area contributed by atoms with Crippen LogP contribution in [-0.4, -0.2) is 32.6 Å². The van der Waals surface area contributed by atoms with E-state index in [2.05, 4.69) is 15.3 Å².